The summed E-state index contributed by atoms with van der Waals surface area (Å²) < 4.78 is 0. The molecule has 2 atom stereocenters. The highest BCUT2D eigenvalue weighted by atomic mass is 32.1. The van der Waals surface area contributed by atoms with Gasteiger partial charge < -0.3 is 21.5 Å². The number of aliphatic carboxylic acids is 1. The smallest absolute Gasteiger partial charge is 0.320 e. The maximum atomic E-state index is 11.6. The number of ketones is 1. The van der Waals surface area contributed by atoms with Gasteiger partial charge in [0, 0.05) is 12.2 Å². The first kappa shape index (κ1) is 22.7. The van der Waals surface area contributed by atoms with Gasteiger partial charge in [-0.2, -0.15) is 12.6 Å². The van der Waals surface area contributed by atoms with Gasteiger partial charge in [-0.05, 0) is 13.3 Å². The molecule has 0 aromatic rings. The van der Waals surface area contributed by atoms with Gasteiger partial charge in [0.15, 0.2) is 0 Å². The highest BCUT2D eigenvalue weighted by Gasteiger charge is 2.20. The minimum Gasteiger partial charge on any atom is -0.480 e. The van der Waals surface area contributed by atoms with E-state index in [0.717, 1.165) is 0 Å². The monoisotopic (exact) mass is 335 g/mol. The van der Waals surface area contributed by atoms with Crippen molar-refractivity contribution in [2.45, 2.75) is 45.7 Å². The van der Waals surface area contributed by atoms with Crippen LogP contribution in [0.1, 0.15) is 33.6 Å². The quantitative estimate of drug-likeness (QED) is 0.354. The van der Waals surface area contributed by atoms with Gasteiger partial charge in [-0.1, -0.05) is 13.8 Å². The van der Waals surface area contributed by atoms with E-state index in [0.29, 0.717) is 0 Å². The molecule has 0 heterocycles. The highest BCUT2D eigenvalue weighted by molar-refractivity contribution is 7.80. The summed E-state index contributed by atoms with van der Waals surface area (Å²) in [7, 11) is 0. The Morgan fingerprint density at radius 3 is 2.18 bits per heavy atom. The molecule has 2 amide bonds. The van der Waals surface area contributed by atoms with E-state index in [2.05, 4.69) is 23.3 Å². The minimum absolute atomic E-state index is 0.0322. The molecular weight excluding hydrogens is 310 g/mol. The lowest BCUT2D eigenvalue weighted by Gasteiger charge is -2.16. The number of carbonyl (C=O) groups is 4. The predicted octanol–water partition coefficient (Wildman–Crippen LogP) is -0.675. The first-order valence-electron chi connectivity index (χ1n) is 6.93. The Bertz CT molecular complexity index is 390. The first-order valence-corrected chi connectivity index (χ1v) is 7.57. The molecule has 0 aliphatic carbocycles. The van der Waals surface area contributed by atoms with Crippen molar-refractivity contribution in [3.05, 3.63) is 0 Å². The molecule has 0 saturated heterocycles. The van der Waals surface area contributed by atoms with Gasteiger partial charge in [0.25, 0.3) is 0 Å². The Kier molecular flexibility index (Phi) is 13.5. The molecule has 8 nitrogen and oxygen atoms in total. The lowest BCUT2D eigenvalue weighted by molar-refractivity contribution is -0.138. The molecule has 0 aliphatic rings. The number of nitrogens with two attached hydrogens (primary N) is 1. The Labute approximate surface area is 135 Å². The minimum atomic E-state index is -1.19. The van der Waals surface area contributed by atoms with Crippen molar-refractivity contribution in [1.29, 1.82) is 0 Å². The summed E-state index contributed by atoms with van der Waals surface area (Å²) in [5.74, 6) is -2.37. The van der Waals surface area contributed by atoms with Crippen LogP contribution in [0.25, 0.3) is 0 Å². The second-order valence-corrected chi connectivity index (χ2v) is 4.57. The molecule has 9 heteroatoms. The summed E-state index contributed by atoms with van der Waals surface area (Å²) in [6.07, 6.45) is -0.146. The summed E-state index contributed by atoms with van der Waals surface area (Å²) in [5, 5.41) is 13.3. The number of rotatable bonds is 9. The van der Waals surface area contributed by atoms with Crippen LogP contribution in [0, 0.1) is 0 Å². The molecule has 0 rings (SSSR count). The SMILES string of the molecule is CC.CC(=O)CNC(=O)C(CS)NC(=O)CCC(N)C(=O)O. The zero-order chi connectivity index (χ0) is 17.7. The van der Waals surface area contributed by atoms with E-state index in [-0.39, 0.29) is 30.9 Å². The first-order chi connectivity index (χ1) is 10.3. The van der Waals surface area contributed by atoms with Crippen LogP contribution in [-0.2, 0) is 19.2 Å². The number of carbonyl (C=O) groups excluding carboxylic acids is 3. The van der Waals surface area contributed by atoms with E-state index in [9.17, 15) is 19.2 Å². The number of hydrogen-bond donors (Lipinski definition) is 5. The Hall–Kier alpha value is -1.61. The van der Waals surface area contributed by atoms with E-state index in [1.54, 1.807) is 0 Å². The molecule has 5 N–H and O–H groups in total. The molecule has 0 bridgehead atoms. The van der Waals surface area contributed by atoms with Crippen LogP contribution in [0.15, 0.2) is 0 Å². The molecule has 0 spiro atoms. The average molecular weight is 335 g/mol. The zero-order valence-electron chi connectivity index (χ0n) is 13.1. The molecule has 0 aliphatic heterocycles. The van der Waals surface area contributed by atoms with Crippen molar-refractivity contribution in [2.24, 2.45) is 5.73 Å². The molecule has 22 heavy (non-hydrogen) atoms. The highest BCUT2D eigenvalue weighted by Crippen LogP contribution is 1.97. The summed E-state index contributed by atoms with van der Waals surface area (Å²) in [6.45, 7) is 5.20. The van der Waals surface area contributed by atoms with Crippen LogP contribution in [-0.4, -0.2) is 53.1 Å². The van der Waals surface area contributed by atoms with Crippen LogP contribution >= 0.6 is 12.6 Å². The van der Waals surface area contributed by atoms with Crippen molar-refractivity contribution in [1.82, 2.24) is 10.6 Å². The molecular formula is C13H25N3O5S. The predicted molar refractivity (Wildman–Crippen MR) is 85.7 cm³/mol. The van der Waals surface area contributed by atoms with Gasteiger partial charge in [-0.3, -0.25) is 19.2 Å². The third-order valence-corrected chi connectivity index (χ3v) is 2.71. The molecule has 2 unspecified atom stereocenters. The molecule has 0 aromatic heterocycles. The van der Waals surface area contributed by atoms with E-state index in [1.165, 1.54) is 6.92 Å². The van der Waals surface area contributed by atoms with Crippen molar-refractivity contribution < 1.29 is 24.3 Å². The zero-order valence-corrected chi connectivity index (χ0v) is 14.0. The largest absolute Gasteiger partial charge is 0.480 e. The number of nitrogens with one attached hydrogen (secondary N) is 2. The normalized spacial score (nSPS) is 12.2. The molecule has 128 valence electrons. The third kappa shape index (κ3) is 11.1. The molecule has 0 radical (unpaired) electrons. The van der Waals surface area contributed by atoms with Crippen molar-refractivity contribution in [2.75, 3.05) is 12.3 Å². The summed E-state index contributed by atoms with van der Waals surface area (Å²) in [4.78, 5) is 44.4. The Morgan fingerprint density at radius 2 is 1.77 bits per heavy atom. The molecule has 0 aromatic carbocycles. The maximum Gasteiger partial charge on any atom is 0.320 e. The fraction of sp³-hybridized carbons (Fsp3) is 0.692. The van der Waals surface area contributed by atoms with Crippen molar-refractivity contribution in [3.63, 3.8) is 0 Å². The number of thiol groups is 1. The molecule has 0 saturated carbocycles. The fourth-order valence-electron chi connectivity index (χ4n) is 1.21. The number of carboxylic acids is 1. The Balaban J connectivity index is 0. The summed E-state index contributed by atoms with van der Waals surface area (Å²) in [6, 6.07) is -2.01. The van der Waals surface area contributed by atoms with Crippen LogP contribution in [0.5, 0.6) is 0 Å². The molecule has 0 fully saturated rings. The van der Waals surface area contributed by atoms with E-state index < -0.39 is 29.9 Å². The Morgan fingerprint density at radius 1 is 1.23 bits per heavy atom. The van der Waals surface area contributed by atoms with E-state index in [1.807, 2.05) is 13.8 Å². The van der Waals surface area contributed by atoms with Gasteiger partial charge in [0.05, 0.1) is 6.54 Å². The fourth-order valence-corrected chi connectivity index (χ4v) is 1.46. The summed E-state index contributed by atoms with van der Waals surface area (Å²) >= 11 is 3.94. The number of carboxylic acid groups (broad SMARTS) is 1. The number of hydrogen-bond acceptors (Lipinski definition) is 6. The number of amides is 2. The van der Waals surface area contributed by atoms with Crippen LogP contribution in [0.4, 0.5) is 0 Å². The van der Waals surface area contributed by atoms with Gasteiger partial charge in [0.1, 0.15) is 17.9 Å². The summed E-state index contributed by atoms with van der Waals surface area (Å²) in [5.41, 5.74) is 5.26. The second-order valence-electron chi connectivity index (χ2n) is 4.21. The van der Waals surface area contributed by atoms with Crippen molar-refractivity contribution >= 4 is 36.2 Å². The van der Waals surface area contributed by atoms with Crippen LogP contribution in [0.3, 0.4) is 0 Å². The second kappa shape index (κ2) is 13.1. The van der Waals surface area contributed by atoms with Gasteiger partial charge in [0.2, 0.25) is 11.8 Å². The standard InChI is InChI=1S/C11H19N3O5S.C2H6/c1-6(15)4-13-10(17)8(5-20)14-9(16)3-2-7(12)11(18)19;1-2/h7-8,20H,2-5,12H2,1H3,(H,13,17)(H,14,16)(H,18,19);1-2H3. The van der Waals surface area contributed by atoms with Crippen LogP contribution in [0.2, 0.25) is 0 Å². The van der Waals surface area contributed by atoms with Crippen molar-refractivity contribution in [3.8, 4) is 0 Å². The number of Topliss-reactive ketones (excluding diaryl/α,β-unsaturated/α-hetero) is 1. The van der Waals surface area contributed by atoms with E-state index in [4.69, 9.17) is 10.8 Å². The van der Waals surface area contributed by atoms with E-state index >= 15 is 0 Å². The topological polar surface area (TPSA) is 139 Å². The maximum absolute atomic E-state index is 11.6. The van der Waals surface area contributed by atoms with Gasteiger partial charge in [-0.15, -0.1) is 0 Å². The third-order valence-electron chi connectivity index (χ3n) is 2.35. The van der Waals surface area contributed by atoms with Gasteiger partial charge >= 0.3 is 5.97 Å². The van der Waals surface area contributed by atoms with Gasteiger partial charge in [-0.25, -0.2) is 0 Å². The lowest BCUT2D eigenvalue weighted by Crippen LogP contribution is -2.49. The van der Waals surface area contributed by atoms with Crippen LogP contribution < -0.4 is 16.4 Å². The lowest BCUT2D eigenvalue weighted by atomic mass is 10.1. The average Bonchev–Trinajstić information content (AvgIpc) is 2.49.